The molecule has 3 aromatic rings. The topological polar surface area (TPSA) is 93.4 Å². The smallest absolute Gasteiger partial charge is 0.336 e. The van der Waals surface area contributed by atoms with Gasteiger partial charge < -0.3 is 9.90 Å². The third kappa shape index (κ3) is 2.62. The highest BCUT2D eigenvalue weighted by molar-refractivity contribution is 7.90. The lowest BCUT2D eigenvalue weighted by Crippen LogP contribution is -2.14. The lowest BCUT2D eigenvalue weighted by molar-refractivity contribution is -0.107. The van der Waals surface area contributed by atoms with Crippen LogP contribution in [0.15, 0.2) is 53.4 Å². The molecule has 0 saturated heterocycles. The van der Waals surface area contributed by atoms with E-state index in [1.165, 1.54) is 24.3 Å². The van der Waals surface area contributed by atoms with Gasteiger partial charge in [0.2, 0.25) is 0 Å². The summed E-state index contributed by atoms with van der Waals surface area (Å²) in [5.74, 6) is -1.17. The number of carboxylic acid groups (broad SMARTS) is 1. The van der Waals surface area contributed by atoms with E-state index < -0.39 is 16.0 Å². The fourth-order valence-corrected chi connectivity index (χ4v) is 4.62. The van der Waals surface area contributed by atoms with Crippen molar-refractivity contribution in [1.29, 1.82) is 0 Å². The van der Waals surface area contributed by atoms with Crippen molar-refractivity contribution in [3.05, 3.63) is 65.4 Å². The predicted octanol–water partition coefficient (Wildman–Crippen LogP) is 2.63. The first-order valence-corrected chi connectivity index (χ1v) is 8.94. The van der Waals surface area contributed by atoms with Crippen LogP contribution in [0.25, 0.3) is 10.9 Å². The summed E-state index contributed by atoms with van der Waals surface area (Å²) in [6.45, 7) is 1.57. The number of fused-ring (bicyclic) bond motifs is 1. The SMILES string of the molecule is Cc1c(CC=O)c2c(C(=O)O)cccc2n1S(=O)(=O)c1ccccc1. The minimum absolute atomic E-state index is 0.0283. The first kappa shape index (κ1) is 16.9. The largest absolute Gasteiger partial charge is 0.478 e. The molecular formula is C18H15NO5S. The monoisotopic (exact) mass is 357 g/mol. The van der Waals surface area contributed by atoms with Gasteiger partial charge in [0.05, 0.1) is 16.0 Å². The normalized spacial score (nSPS) is 11.6. The van der Waals surface area contributed by atoms with Crippen LogP contribution < -0.4 is 0 Å². The molecule has 128 valence electrons. The Kier molecular flexibility index (Phi) is 4.18. The molecule has 0 bridgehead atoms. The van der Waals surface area contributed by atoms with Gasteiger partial charge in [-0.15, -0.1) is 0 Å². The van der Waals surface area contributed by atoms with E-state index in [1.807, 2.05) is 0 Å². The van der Waals surface area contributed by atoms with E-state index in [0.717, 1.165) is 3.97 Å². The number of carboxylic acids is 1. The van der Waals surface area contributed by atoms with Gasteiger partial charge in [-0.3, -0.25) is 0 Å². The highest BCUT2D eigenvalue weighted by atomic mass is 32.2. The zero-order valence-corrected chi connectivity index (χ0v) is 14.2. The zero-order valence-electron chi connectivity index (χ0n) is 13.3. The lowest BCUT2D eigenvalue weighted by atomic mass is 10.0. The molecule has 0 amide bonds. The van der Waals surface area contributed by atoms with Gasteiger partial charge in [0.15, 0.2) is 0 Å². The van der Waals surface area contributed by atoms with Gasteiger partial charge >= 0.3 is 5.97 Å². The van der Waals surface area contributed by atoms with E-state index in [9.17, 15) is 23.1 Å². The minimum Gasteiger partial charge on any atom is -0.478 e. The van der Waals surface area contributed by atoms with Crippen LogP contribution in [0.5, 0.6) is 0 Å². The second-order valence-corrected chi connectivity index (χ2v) is 7.31. The molecule has 0 fully saturated rings. The van der Waals surface area contributed by atoms with Crippen molar-refractivity contribution in [2.75, 3.05) is 0 Å². The van der Waals surface area contributed by atoms with E-state index in [2.05, 4.69) is 0 Å². The van der Waals surface area contributed by atoms with E-state index in [-0.39, 0.29) is 27.8 Å². The first-order valence-electron chi connectivity index (χ1n) is 7.50. The van der Waals surface area contributed by atoms with Crippen molar-refractivity contribution in [2.24, 2.45) is 0 Å². The summed E-state index contributed by atoms with van der Waals surface area (Å²) in [5.41, 5.74) is 0.958. The Bertz CT molecular complexity index is 1080. The number of rotatable bonds is 5. The van der Waals surface area contributed by atoms with Gasteiger partial charge in [0.1, 0.15) is 6.29 Å². The molecule has 1 heterocycles. The second-order valence-electron chi connectivity index (χ2n) is 5.52. The van der Waals surface area contributed by atoms with Gasteiger partial charge in [-0.2, -0.15) is 0 Å². The maximum Gasteiger partial charge on any atom is 0.336 e. The van der Waals surface area contributed by atoms with Crippen LogP contribution in [0.3, 0.4) is 0 Å². The van der Waals surface area contributed by atoms with Crippen molar-refractivity contribution in [2.45, 2.75) is 18.2 Å². The Balaban J connectivity index is 2.45. The molecule has 7 heteroatoms. The highest BCUT2D eigenvalue weighted by Crippen LogP contribution is 2.32. The van der Waals surface area contributed by atoms with Crippen molar-refractivity contribution in [3.8, 4) is 0 Å². The highest BCUT2D eigenvalue weighted by Gasteiger charge is 2.27. The lowest BCUT2D eigenvalue weighted by Gasteiger charge is -2.10. The van der Waals surface area contributed by atoms with Crippen LogP contribution in [0.4, 0.5) is 0 Å². The van der Waals surface area contributed by atoms with E-state index in [4.69, 9.17) is 0 Å². The standard InChI is InChI=1S/C18H15NO5S/c1-12-14(10-11-20)17-15(18(21)22)8-5-9-16(17)19(12)25(23,24)13-6-3-2-4-7-13/h2-9,11H,10H2,1H3,(H,21,22). The molecule has 1 N–H and O–H groups in total. The number of benzene rings is 2. The molecule has 0 aliphatic rings. The summed E-state index contributed by atoms with van der Waals surface area (Å²) in [4.78, 5) is 22.7. The van der Waals surface area contributed by atoms with Gasteiger partial charge in [-0.05, 0) is 36.8 Å². The quantitative estimate of drug-likeness (QED) is 0.709. The molecule has 25 heavy (non-hydrogen) atoms. The maximum absolute atomic E-state index is 13.1. The van der Waals surface area contributed by atoms with Crippen LogP contribution >= 0.6 is 0 Å². The Morgan fingerprint density at radius 2 is 1.80 bits per heavy atom. The number of aromatic carboxylic acids is 1. The maximum atomic E-state index is 13.1. The number of hydrogen-bond donors (Lipinski definition) is 1. The summed E-state index contributed by atoms with van der Waals surface area (Å²) in [7, 11) is -3.93. The number of carbonyl (C=O) groups excluding carboxylic acids is 1. The third-order valence-corrected chi connectivity index (χ3v) is 5.92. The molecule has 2 aromatic carbocycles. The van der Waals surface area contributed by atoms with Crippen LogP contribution in [-0.4, -0.2) is 29.8 Å². The van der Waals surface area contributed by atoms with Gasteiger partial charge in [-0.1, -0.05) is 24.3 Å². The molecule has 6 nitrogen and oxygen atoms in total. The molecule has 0 atom stereocenters. The average molecular weight is 357 g/mol. The fourth-order valence-electron chi connectivity index (χ4n) is 3.03. The summed E-state index contributed by atoms with van der Waals surface area (Å²) in [6, 6.07) is 12.3. The van der Waals surface area contributed by atoms with Crippen LogP contribution in [0, 0.1) is 6.92 Å². The summed E-state index contributed by atoms with van der Waals surface area (Å²) >= 11 is 0. The first-order chi connectivity index (χ1) is 11.9. The van der Waals surface area contributed by atoms with Gasteiger partial charge in [-0.25, -0.2) is 17.2 Å². The van der Waals surface area contributed by atoms with E-state index in [0.29, 0.717) is 17.5 Å². The zero-order chi connectivity index (χ0) is 18.2. The minimum atomic E-state index is -3.93. The van der Waals surface area contributed by atoms with Crippen molar-refractivity contribution in [3.63, 3.8) is 0 Å². The number of nitrogens with zero attached hydrogens (tertiary/aromatic N) is 1. The van der Waals surface area contributed by atoms with Crippen molar-refractivity contribution < 1.29 is 23.1 Å². The fraction of sp³-hybridized carbons (Fsp3) is 0.111. The second kappa shape index (κ2) is 6.18. The van der Waals surface area contributed by atoms with Crippen LogP contribution in [0.2, 0.25) is 0 Å². The van der Waals surface area contributed by atoms with Gasteiger partial charge in [0, 0.05) is 17.5 Å². The van der Waals surface area contributed by atoms with Crippen LogP contribution in [-0.2, 0) is 21.2 Å². The number of aromatic nitrogens is 1. The summed E-state index contributed by atoms with van der Waals surface area (Å²) in [5, 5.41) is 9.73. The van der Waals surface area contributed by atoms with E-state index in [1.54, 1.807) is 31.2 Å². The Labute approximate surface area is 144 Å². The van der Waals surface area contributed by atoms with Gasteiger partial charge in [0.25, 0.3) is 10.0 Å². The molecule has 3 rings (SSSR count). The Morgan fingerprint density at radius 1 is 1.12 bits per heavy atom. The predicted molar refractivity (Wildman–Crippen MR) is 92.4 cm³/mol. The number of carbonyl (C=O) groups is 2. The Morgan fingerprint density at radius 3 is 2.40 bits per heavy atom. The Hall–Kier alpha value is -2.93. The summed E-state index contributed by atoms with van der Waals surface area (Å²) in [6.07, 6.45) is 0.573. The molecule has 0 unspecified atom stereocenters. The average Bonchev–Trinajstić information content (AvgIpc) is 2.88. The molecule has 0 saturated carbocycles. The third-order valence-electron chi connectivity index (χ3n) is 4.10. The van der Waals surface area contributed by atoms with Crippen molar-refractivity contribution in [1.82, 2.24) is 3.97 Å². The number of aldehydes is 1. The molecule has 0 radical (unpaired) electrons. The van der Waals surface area contributed by atoms with E-state index >= 15 is 0 Å². The molecule has 0 aliphatic heterocycles. The molecule has 0 spiro atoms. The molecular weight excluding hydrogens is 342 g/mol. The summed E-state index contributed by atoms with van der Waals surface area (Å²) < 4.78 is 27.3. The molecule has 0 aliphatic carbocycles. The van der Waals surface area contributed by atoms with Crippen LogP contribution in [0.1, 0.15) is 21.6 Å². The van der Waals surface area contributed by atoms with Crippen molar-refractivity contribution >= 4 is 33.2 Å². The number of hydrogen-bond acceptors (Lipinski definition) is 4. The molecule has 1 aromatic heterocycles.